The van der Waals surface area contributed by atoms with Crippen LogP contribution in [0.5, 0.6) is 0 Å². The normalized spacial score (nSPS) is 20.3. The number of hydrogen-bond acceptors (Lipinski definition) is 3. The van der Waals surface area contributed by atoms with Crippen molar-refractivity contribution in [3.05, 3.63) is 23.8 Å². The Labute approximate surface area is 127 Å². The van der Waals surface area contributed by atoms with Crippen LogP contribution in [0.15, 0.2) is 18.2 Å². The molecule has 2 N–H and O–H groups in total. The maximum absolute atomic E-state index is 12.4. The molecule has 0 bridgehead atoms. The van der Waals surface area contributed by atoms with Crippen LogP contribution in [0.4, 0.5) is 11.4 Å². The molecule has 1 spiro atoms. The zero-order valence-electron chi connectivity index (χ0n) is 13.3. The van der Waals surface area contributed by atoms with Crippen LogP contribution in [0, 0.1) is 12.3 Å². The largest absolute Gasteiger partial charge is 0.399 e. The molecule has 0 aromatic heterocycles. The first-order valence-corrected chi connectivity index (χ1v) is 7.84. The summed E-state index contributed by atoms with van der Waals surface area (Å²) in [7, 11) is 0. The van der Waals surface area contributed by atoms with Gasteiger partial charge in [-0.2, -0.15) is 0 Å². The second kappa shape index (κ2) is 6.48. The number of ether oxygens (including phenoxy) is 1. The first kappa shape index (κ1) is 15.8. The van der Waals surface area contributed by atoms with Crippen molar-refractivity contribution >= 4 is 17.3 Å². The highest BCUT2D eigenvalue weighted by Crippen LogP contribution is 2.42. The summed E-state index contributed by atoms with van der Waals surface area (Å²) in [6.07, 6.45) is 2.61. The predicted molar refractivity (Wildman–Crippen MR) is 86.4 cm³/mol. The maximum atomic E-state index is 12.4. The zero-order chi connectivity index (χ0) is 15.5. The van der Waals surface area contributed by atoms with E-state index in [2.05, 4.69) is 0 Å². The summed E-state index contributed by atoms with van der Waals surface area (Å²) in [5.74, 6) is 0.218. The molecule has 0 radical (unpaired) electrons. The van der Waals surface area contributed by atoms with E-state index in [1.807, 2.05) is 43.9 Å². The highest BCUT2D eigenvalue weighted by molar-refractivity contribution is 5.97. The Morgan fingerprint density at radius 2 is 1.90 bits per heavy atom. The van der Waals surface area contributed by atoms with E-state index in [-0.39, 0.29) is 11.3 Å². The molecule has 2 saturated heterocycles. The van der Waals surface area contributed by atoms with Crippen molar-refractivity contribution in [1.29, 1.82) is 0 Å². The van der Waals surface area contributed by atoms with E-state index in [0.717, 1.165) is 43.9 Å². The molecule has 4 heteroatoms. The van der Waals surface area contributed by atoms with Crippen molar-refractivity contribution in [2.24, 2.45) is 5.41 Å². The Kier molecular flexibility index (Phi) is 4.88. The fourth-order valence-corrected chi connectivity index (χ4v) is 3.17. The maximum Gasteiger partial charge on any atom is 0.227 e. The molecule has 2 aliphatic rings. The highest BCUT2D eigenvalue weighted by atomic mass is 16.5. The number of nitrogens with zero attached hydrogens (tertiary/aromatic N) is 1. The number of carbonyl (C=O) groups is 1. The minimum Gasteiger partial charge on any atom is -0.399 e. The zero-order valence-corrected chi connectivity index (χ0v) is 13.3. The van der Waals surface area contributed by atoms with E-state index in [1.54, 1.807) is 0 Å². The Hall–Kier alpha value is -1.55. The first-order valence-electron chi connectivity index (χ1n) is 7.84. The third-order valence-electron chi connectivity index (χ3n) is 4.40. The second-order valence-corrected chi connectivity index (χ2v) is 5.81. The van der Waals surface area contributed by atoms with Crippen molar-refractivity contribution in [2.75, 3.05) is 30.4 Å². The monoisotopic (exact) mass is 290 g/mol. The van der Waals surface area contributed by atoms with Gasteiger partial charge in [-0.15, -0.1) is 0 Å². The molecule has 21 heavy (non-hydrogen) atoms. The molecule has 0 aliphatic carbocycles. The Morgan fingerprint density at radius 1 is 1.24 bits per heavy atom. The number of amides is 1. The van der Waals surface area contributed by atoms with Crippen molar-refractivity contribution in [3.8, 4) is 0 Å². The lowest BCUT2D eigenvalue weighted by atomic mass is 9.79. The average molecular weight is 290 g/mol. The van der Waals surface area contributed by atoms with Crippen LogP contribution in [0.2, 0.25) is 0 Å². The molecular formula is C17H26N2O2. The van der Waals surface area contributed by atoms with Crippen LogP contribution >= 0.6 is 0 Å². The van der Waals surface area contributed by atoms with Gasteiger partial charge in [0.1, 0.15) is 0 Å². The van der Waals surface area contributed by atoms with Gasteiger partial charge in [-0.3, -0.25) is 4.79 Å². The highest BCUT2D eigenvalue weighted by Gasteiger charge is 2.44. The van der Waals surface area contributed by atoms with Gasteiger partial charge in [0.25, 0.3) is 0 Å². The smallest absolute Gasteiger partial charge is 0.227 e. The minimum atomic E-state index is 0.117. The number of nitrogens with two attached hydrogens (primary N) is 1. The van der Waals surface area contributed by atoms with Crippen molar-refractivity contribution < 1.29 is 9.53 Å². The summed E-state index contributed by atoms with van der Waals surface area (Å²) >= 11 is 0. The van der Waals surface area contributed by atoms with Gasteiger partial charge in [0, 0.05) is 43.0 Å². The molecule has 0 unspecified atom stereocenters. The SMILES string of the molecule is CC.Cc1ccc(N)cc1N1CC2(CCOCC2)CC1=O. The van der Waals surface area contributed by atoms with Crippen LogP contribution in [0.3, 0.4) is 0 Å². The number of hydrogen-bond donors (Lipinski definition) is 1. The van der Waals surface area contributed by atoms with E-state index in [4.69, 9.17) is 10.5 Å². The quantitative estimate of drug-likeness (QED) is 0.808. The van der Waals surface area contributed by atoms with Crippen molar-refractivity contribution in [1.82, 2.24) is 0 Å². The summed E-state index contributed by atoms with van der Waals surface area (Å²) in [6.45, 7) is 8.38. The molecule has 1 aromatic rings. The summed E-state index contributed by atoms with van der Waals surface area (Å²) in [5, 5.41) is 0. The number of anilines is 2. The van der Waals surface area contributed by atoms with Gasteiger partial charge >= 0.3 is 0 Å². The van der Waals surface area contributed by atoms with Crippen LogP contribution < -0.4 is 10.6 Å². The second-order valence-electron chi connectivity index (χ2n) is 5.81. The molecule has 0 saturated carbocycles. The lowest BCUT2D eigenvalue weighted by Gasteiger charge is -2.32. The molecule has 2 fully saturated rings. The molecular weight excluding hydrogens is 264 g/mol. The molecule has 1 amide bonds. The molecule has 4 nitrogen and oxygen atoms in total. The van der Waals surface area contributed by atoms with Gasteiger partial charge in [0.2, 0.25) is 5.91 Å². The number of aryl methyl sites for hydroxylation is 1. The van der Waals surface area contributed by atoms with Gasteiger partial charge in [0.05, 0.1) is 0 Å². The topological polar surface area (TPSA) is 55.6 Å². The number of nitrogen functional groups attached to an aromatic ring is 1. The Balaban J connectivity index is 0.000000774. The fourth-order valence-electron chi connectivity index (χ4n) is 3.17. The fraction of sp³-hybridized carbons (Fsp3) is 0.588. The van der Waals surface area contributed by atoms with E-state index < -0.39 is 0 Å². The summed E-state index contributed by atoms with van der Waals surface area (Å²) in [4.78, 5) is 14.3. The predicted octanol–water partition coefficient (Wildman–Crippen LogP) is 3.14. The Bertz CT molecular complexity index is 508. The number of benzene rings is 1. The van der Waals surface area contributed by atoms with Gasteiger partial charge < -0.3 is 15.4 Å². The van der Waals surface area contributed by atoms with Gasteiger partial charge in [-0.25, -0.2) is 0 Å². The average Bonchev–Trinajstić information content (AvgIpc) is 2.80. The van der Waals surface area contributed by atoms with Crippen molar-refractivity contribution in [3.63, 3.8) is 0 Å². The first-order chi connectivity index (χ1) is 10.1. The van der Waals surface area contributed by atoms with Crippen molar-refractivity contribution in [2.45, 2.75) is 40.0 Å². The standard InChI is InChI=1S/C15H20N2O2.C2H6/c1-11-2-3-12(16)8-13(11)17-10-15(9-14(17)18)4-6-19-7-5-15;1-2/h2-3,8H,4-7,9-10,16H2,1H3;1-2H3. The summed E-state index contributed by atoms with van der Waals surface area (Å²) in [5.41, 5.74) is 8.75. The molecule has 0 atom stereocenters. The number of rotatable bonds is 1. The van der Waals surface area contributed by atoms with Crippen LogP contribution in [0.25, 0.3) is 0 Å². The van der Waals surface area contributed by atoms with Crippen LogP contribution in [-0.4, -0.2) is 25.7 Å². The molecule has 3 rings (SSSR count). The van der Waals surface area contributed by atoms with E-state index in [9.17, 15) is 4.79 Å². The van der Waals surface area contributed by atoms with Crippen LogP contribution in [-0.2, 0) is 9.53 Å². The van der Waals surface area contributed by atoms with Gasteiger partial charge in [-0.1, -0.05) is 19.9 Å². The Morgan fingerprint density at radius 3 is 2.57 bits per heavy atom. The summed E-state index contributed by atoms with van der Waals surface area (Å²) < 4.78 is 5.43. The van der Waals surface area contributed by atoms with Gasteiger partial charge in [0.15, 0.2) is 0 Å². The lowest BCUT2D eigenvalue weighted by Crippen LogP contribution is -2.33. The van der Waals surface area contributed by atoms with Gasteiger partial charge in [-0.05, 0) is 37.5 Å². The molecule has 2 aliphatic heterocycles. The van der Waals surface area contributed by atoms with E-state index in [1.165, 1.54) is 0 Å². The third kappa shape index (κ3) is 3.21. The van der Waals surface area contributed by atoms with E-state index >= 15 is 0 Å². The van der Waals surface area contributed by atoms with Crippen LogP contribution in [0.1, 0.15) is 38.7 Å². The molecule has 2 heterocycles. The lowest BCUT2D eigenvalue weighted by molar-refractivity contribution is -0.118. The third-order valence-corrected chi connectivity index (χ3v) is 4.40. The summed E-state index contributed by atoms with van der Waals surface area (Å²) in [6, 6.07) is 5.77. The molecule has 1 aromatic carbocycles. The minimum absolute atomic E-state index is 0.117. The van der Waals surface area contributed by atoms with E-state index in [0.29, 0.717) is 12.1 Å². The molecule has 116 valence electrons. The number of carbonyl (C=O) groups excluding carboxylic acids is 1.